The van der Waals surface area contributed by atoms with Gasteiger partial charge in [-0.2, -0.15) is 0 Å². The number of hydrogen-bond acceptors (Lipinski definition) is 3. The number of β-lactam (4-membered cyclic amide) rings is 1. The molecule has 2 fully saturated rings. The van der Waals surface area contributed by atoms with E-state index in [1.165, 1.54) is 16.4 Å². The Morgan fingerprint density at radius 3 is 2.38 bits per heavy atom. The zero-order valence-corrected chi connectivity index (χ0v) is 17.2. The molecule has 29 heavy (non-hydrogen) atoms. The average Bonchev–Trinajstić information content (AvgIpc) is 2.72. The van der Waals surface area contributed by atoms with Gasteiger partial charge in [0.15, 0.2) is 0 Å². The first-order valence-electron chi connectivity index (χ1n) is 10.0. The van der Waals surface area contributed by atoms with Crippen LogP contribution in [0.15, 0.2) is 54.6 Å². The van der Waals surface area contributed by atoms with E-state index in [-0.39, 0.29) is 23.5 Å². The molecule has 2 aromatic rings. The third kappa shape index (κ3) is 3.36. The number of hydrogen-bond donors (Lipinski definition) is 0. The van der Waals surface area contributed by atoms with Crippen LogP contribution in [0.2, 0.25) is 0 Å². The van der Waals surface area contributed by atoms with Gasteiger partial charge >= 0.3 is 0 Å². The quantitative estimate of drug-likeness (QED) is 0.698. The lowest BCUT2D eigenvalue weighted by atomic mass is 9.62. The van der Waals surface area contributed by atoms with Crippen molar-refractivity contribution in [1.29, 1.82) is 0 Å². The first-order valence-corrected chi connectivity index (χ1v) is 11.6. The Labute approximate surface area is 171 Å². The van der Waals surface area contributed by atoms with E-state index in [1.807, 2.05) is 37.3 Å². The summed E-state index contributed by atoms with van der Waals surface area (Å²) < 4.78 is 40.2. The summed E-state index contributed by atoms with van der Waals surface area (Å²) in [6, 6.07) is 15.6. The normalized spacial score (nSPS) is 21.9. The number of anilines is 1. The highest BCUT2D eigenvalue weighted by atomic mass is 32.2. The second-order valence-electron chi connectivity index (χ2n) is 7.84. The minimum Gasteiger partial charge on any atom is -0.303 e. The molecule has 2 heterocycles. The molecular formula is C22H25FN2O3S. The second kappa shape index (κ2) is 7.54. The summed E-state index contributed by atoms with van der Waals surface area (Å²) in [7, 11) is -3.28. The number of nitrogens with zero attached hydrogens (tertiary/aromatic N) is 2. The molecule has 7 heteroatoms. The van der Waals surface area contributed by atoms with E-state index < -0.39 is 15.4 Å². The van der Waals surface area contributed by atoms with Crippen LogP contribution in [0.3, 0.4) is 0 Å². The Kier molecular flexibility index (Phi) is 5.21. The van der Waals surface area contributed by atoms with Crippen LogP contribution in [0.4, 0.5) is 10.1 Å². The third-order valence-corrected chi connectivity index (χ3v) is 8.17. The molecule has 1 atom stereocenters. The molecule has 0 aliphatic carbocycles. The van der Waals surface area contributed by atoms with E-state index in [4.69, 9.17) is 0 Å². The monoisotopic (exact) mass is 416 g/mol. The first kappa shape index (κ1) is 20.0. The summed E-state index contributed by atoms with van der Waals surface area (Å²) >= 11 is 0. The van der Waals surface area contributed by atoms with E-state index in [2.05, 4.69) is 0 Å². The Hall–Kier alpha value is -2.25. The van der Waals surface area contributed by atoms with Gasteiger partial charge in [-0.3, -0.25) is 4.79 Å². The Morgan fingerprint density at radius 2 is 1.76 bits per heavy atom. The summed E-state index contributed by atoms with van der Waals surface area (Å²) in [6.07, 6.45) is 1.52. The molecule has 4 rings (SSSR count). The molecule has 0 radical (unpaired) electrons. The SMILES string of the molecule is CCCS(=O)(=O)N1CCC2(CC1)C(=O)N(c1cccc(F)c1)C2c1ccccc1. The zero-order chi connectivity index (χ0) is 20.6. The van der Waals surface area contributed by atoms with E-state index in [9.17, 15) is 17.6 Å². The van der Waals surface area contributed by atoms with Crippen LogP contribution in [-0.2, 0) is 14.8 Å². The van der Waals surface area contributed by atoms with Gasteiger partial charge in [0.05, 0.1) is 17.2 Å². The van der Waals surface area contributed by atoms with Gasteiger partial charge in [-0.05, 0) is 43.0 Å². The molecule has 1 amide bonds. The number of rotatable bonds is 5. The summed E-state index contributed by atoms with van der Waals surface area (Å²) in [5.41, 5.74) is 0.878. The van der Waals surface area contributed by atoms with Crippen molar-refractivity contribution in [2.24, 2.45) is 5.41 Å². The number of carbonyl (C=O) groups excluding carboxylic acids is 1. The molecule has 0 aromatic heterocycles. The molecule has 0 saturated carbocycles. The number of piperidine rings is 1. The topological polar surface area (TPSA) is 57.7 Å². The van der Waals surface area contributed by atoms with Gasteiger partial charge in [0.2, 0.25) is 15.9 Å². The minimum absolute atomic E-state index is 0.0514. The van der Waals surface area contributed by atoms with Crippen molar-refractivity contribution in [2.45, 2.75) is 32.2 Å². The van der Waals surface area contributed by atoms with E-state index >= 15 is 0 Å². The molecule has 1 unspecified atom stereocenters. The molecule has 5 nitrogen and oxygen atoms in total. The maximum atomic E-state index is 13.8. The van der Waals surface area contributed by atoms with Gasteiger partial charge in [0, 0.05) is 18.8 Å². The third-order valence-electron chi connectivity index (χ3n) is 6.10. The van der Waals surface area contributed by atoms with Crippen molar-refractivity contribution in [3.05, 3.63) is 66.0 Å². The van der Waals surface area contributed by atoms with Gasteiger partial charge in [-0.25, -0.2) is 17.1 Å². The number of amides is 1. The van der Waals surface area contributed by atoms with E-state index in [0.717, 1.165) is 5.56 Å². The predicted molar refractivity (Wildman–Crippen MR) is 110 cm³/mol. The fourth-order valence-electron chi connectivity index (χ4n) is 4.69. The molecule has 0 N–H and O–H groups in total. The fraction of sp³-hybridized carbons (Fsp3) is 0.409. The average molecular weight is 417 g/mol. The van der Waals surface area contributed by atoms with Crippen molar-refractivity contribution in [3.8, 4) is 0 Å². The highest BCUT2D eigenvalue weighted by Gasteiger charge is 2.62. The second-order valence-corrected chi connectivity index (χ2v) is 9.93. The summed E-state index contributed by atoms with van der Waals surface area (Å²) in [6.45, 7) is 2.53. The van der Waals surface area contributed by atoms with Gasteiger partial charge in [-0.15, -0.1) is 0 Å². The summed E-state index contributed by atoms with van der Waals surface area (Å²) in [5, 5.41) is 0. The molecule has 2 saturated heterocycles. The number of carbonyl (C=O) groups is 1. The van der Waals surface area contributed by atoms with Crippen molar-refractivity contribution >= 4 is 21.6 Å². The van der Waals surface area contributed by atoms with Crippen molar-refractivity contribution in [1.82, 2.24) is 4.31 Å². The smallest absolute Gasteiger partial charge is 0.236 e. The molecule has 1 spiro atoms. The van der Waals surface area contributed by atoms with Crippen molar-refractivity contribution < 1.29 is 17.6 Å². The largest absolute Gasteiger partial charge is 0.303 e. The lowest BCUT2D eigenvalue weighted by Crippen LogP contribution is -2.67. The molecule has 154 valence electrons. The van der Waals surface area contributed by atoms with Crippen LogP contribution in [-0.4, -0.2) is 37.5 Å². The van der Waals surface area contributed by atoms with Crippen LogP contribution in [0, 0.1) is 11.2 Å². The Morgan fingerprint density at radius 1 is 1.07 bits per heavy atom. The Balaban J connectivity index is 1.66. The first-order chi connectivity index (χ1) is 13.9. The Bertz CT molecular complexity index is 1000. The standard InChI is InChI=1S/C22H25FN2O3S/c1-2-15-29(27,28)24-13-11-22(12-14-24)20(17-7-4-3-5-8-17)25(21(22)26)19-10-6-9-18(23)16-19/h3-10,16,20H,2,11-15H2,1H3. The molecular weight excluding hydrogens is 391 g/mol. The van der Waals surface area contributed by atoms with Gasteiger partial charge < -0.3 is 4.90 Å². The van der Waals surface area contributed by atoms with Gasteiger partial charge in [-0.1, -0.05) is 43.3 Å². The maximum Gasteiger partial charge on any atom is 0.236 e. The van der Waals surface area contributed by atoms with Crippen LogP contribution in [0.5, 0.6) is 0 Å². The lowest BCUT2D eigenvalue weighted by Gasteiger charge is -2.58. The van der Waals surface area contributed by atoms with Gasteiger partial charge in [0.1, 0.15) is 5.82 Å². The number of benzene rings is 2. The van der Waals surface area contributed by atoms with Crippen molar-refractivity contribution in [2.75, 3.05) is 23.7 Å². The molecule has 2 aliphatic heterocycles. The highest BCUT2D eigenvalue weighted by molar-refractivity contribution is 7.89. The summed E-state index contributed by atoms with van der Waals surface area (Å²) in [5.74, 6) is -0.307. The minimum atomic E-state index is -3.28. The molecule has 0 bridgehead atoms. The van der Waals surface area contributed by atoms with Crippen LogP contribution in [0.1, 0.15) is 37.8 Å². The zero-order valence-electron chi connectivity index (χ0n) is 16.4. The molecule has 2 aliphatic rings. The van der Waals surface area contributed by atoms with Crippen molar-refractivity contribution in [3.63, 3.8) is 0 Å². The maximum absolute atomic E-state index is 13.8. The fourth-order valence-corrected chi connectivity index (χ4v) is 6.20. The van der Waals surface area contributed by atoms with E-state index in [1.54, 1.807) is 17.0 Å². The van der Waals surface area contributed by atoms with E-state index in [0.29, 0.717) is 38.0 Å². The van der Waals surface area contributed by atoms with Gasteiger partial charge in [0.25, 0.3) is 0 Å². The van der Waals surface area contributed by atoms with Crippen LogP contribution < -0.4 is 4.90 Å². The molecule has 2 aromatic carbocycles. The lowest BCUT2D eigenvalue weighted by molar-refractivity contribution is -0.143. The number of halogens is 1. The number of sulfonamides is 1. The predicted octanol–water partition coefficient (Wildman–Crippen LogP) is 3.74. The highest BCUT2D eigenvalue weighted by Crippen LogP contribution is 2.57. The van der Waals surface area contributed by atoms with Crippen LogP contribution in [0.25, 0.3) is 0 Å². The van der Waals surface area contributed by atoms with Crippen LogP contribution >= 0.6 is 0 Å². The summed E-state index contributed by atoms with van der Waals surface area (Å²) in [4.78, 5) is 15.0.